The zero-order chi connectivity index (χ0) is 13.7. The maximum absolute atomic E-state index is 11.0. The first kappa shape index (κ1) is 14.0. The highest BCUT2D eigenvalue weighted by Gasteiger charge is 2.20. The van der Waals surface area contributed by atoms with E-state index in [9.17, 15) is 4.79 Å². The topological polar surface area (TPSA) is 64.4 Å². The average molecular weight is 262 g/mol. The molecule has 2 rings (SSSR count). The van der Waals surface area contributed by atoms with Crippen molar-refractivity contribution in [3.63, 3.8) is 0 Å². The number of carbonyl (C=O) groups excluding carboxylic acids is 1. The van der Waals surface area contributed by atoms with Gasteiger partial charge in [0.1, 0.15) is 0 Å². The molecule has 1 aliphatic carbocycles. The molecule has 104 valence electrons. The summed E-state index contributed by atoms with van der Waals surface area (Å²) in [6, 6.07) is 5.56. The summed E-state index contributed by atoms with van der Waals surface area (Å²) in [6.45, 7) is 5.30. The van der Waals surface area contributed by atoms with Gasteiger partial charge in [0.05, 0.1) is 6.61 Å². The molecule has 0 atom stereocenters. The molecular formula is C15H22N2O2. The first-order valence-electron chi connectivity index (χ1n) is 6.84. The standard InChI is InChI=1S/C15H22N2O2/c1-11-8-13(15(16)18)4-5-14(11)9-17-6-7-19-10-12-2-3-12/h4-5,8,12,17H,2-3,6-7,9-10H2,1H3,(H2,16,18). The van der Waals surface area contributed by atoms with Crippen molar-refractivity contribution >= 4 is 5.91 Å². The van der Waals surface area contributed by atoms with Crippen molar-refractivity contribution in [2.45, 2.75) is 26.3 Å². The fraction of sp³-hybridized carbons (Fsp3) is 0.533. The molecule has 1 aromatic carbocycles. The Morgan fingerprint density at radius 2 is 2.26 bits per heavy atom. The van der Waals surface area contributed by atoms with Gasteiger partial charge in [-0.05, 0) is 48.9 Å². The first-order chi connectivity index (χ1) is 9.16. The molecule has 0 spiro atoms. The summed E-state index contributed by atoms with van der Waals surface area (Å²) in [6.07, 6.45) is 2.66. The molecule has 0 saturated heterocycles. The van der Waals surface area contributed by atoms with Crippen LogP contribution in [0.4, 0.5) is 0 Å². The predicted octanol–water partition coefficient (Wildman–Crippen LogP) is 1.61. The Labute approximate surface area is 114 Å². The minimum Gasteiger partial charge on any atom is -0.380 e. The van der Waals surface area contributed by atoms with Crippen LogP contribution in [0.5, 0.6) is 0 Å². The molecule has 0 unspecified atom stereocenters. The maximum Gasteiger partial charge on any atom is 0.248 e. The van der Waals surface area contributed by atoms with Gasteiger partial charge in [-0.1, -0.05) is 6.07 Å². The second-order valence-corrected chi connectivity index (χ2v) is 5.20. The summed E-state index contributed by atoms with van der Waals surface area (Å²) >= 11 is 0. The van der Waals surface area contributed by atoms with E-state index >= 15 is 0 Å². The molecule has 19 heavy (non-hydrogen) atoms. The zero-order valence-electron chi connectivity index (χ0n) is 11.4. The van der Waals surface area contributed by atoms with Gasteiger partial charge in [0.2, 0.25) is 5.91 Å². The first-order valence-corrected chi connectivity index (χ1v) is 6.84. The number of carbonyl (C=O) groups is 1. The van der Waals surface area contributed by atoms with E-state index in [1.54, 1.807) is 6.07 Å². The quantitative estimate of drug-likeness (QED) is 0.700. The minimum absolute atomic E-state index is 0.379. The van der Waals surface area contributed by atoms with Gasteiger partial charge in [-0.2, -0.15) is 0 Å². The zero-order valence-corrected chi connectivity index (χ0v) is 11.4. The summed E-state index contributed by atoms with van der Waals surface area (Å²) in [5.41, 5.74) is 8.08. The largest absolute Gasteiger partial charge is 0.380 e. The molecule has 4 nitrogen and oxygen atoms in total. The van der Waals surface area contributed by atoms with E-state index < -0.39 is 0 Å². The molecule has 0 aliphatic heterocycles. The molecule has 3 N–H and O–H groups in total. The van der Waals surface area contributed by atoms with E-state index in [1.807, 2.05) is 19.1 Å². The maximum atomic E-state index is 11.0. The lowest BCUT2D eigenvalue weighted by molar-refractivity contribution is 0.1000. The highest BCUT2D eigenvalue weighted by Crippen LogP contribution is 2.28. The lowest BCUT2D eigenvalue weighted by Gasteiger charge is -2.09. The number of primary amides is 1. The SMILES string of the molecule is Cc1cc(C(N)=O)ccc1CNCCOCC1CC1. The van der Waals surface area contributed by atoms with Crippen molar-refractivity contribution < 1.29 is 9.53 Å². The van der Waals surface area contributed by atoms with Crippen LogP contribution in [0.25, 0.3) is 0 Å². The molecule has 0 radical (unpaired) electrons. The van der Waals surface area contributed by atoms with Gasteiger partial charge >= 0.3 is 0 Å². The Kier molecular flexibility index (Phi) is 4.93. The normalized spacial score (nSPS) is 14.6. The van der Waals surface area contributed by atoms with Crippen molar-refractivity contribution in [3.8, 4) is 0 Å². The van der Waals surface area contributed by atoms with Crippen LogP contribution in [-0.4, -0.2) is 25.7 Å². The average Bonchev–Trinajstić information content (AvgIpc) is 3.19. The lowest BCUT2D eigenvalue weighted by atomic mass is 10.0. The molecule has 1 aliphatic rings. The number of aryl methyl sites for hydroxylation is 1. The lowest BCUT2D eigenvalue weighted by Crippen LogP contribution is -2.20. The molecule has 1 amide bonds. The second kappa shape index (κ2) is 6.68. The van der Waals surface area contributed by atoms with Gasteiger partial charge in [-0.25, -0.2) is 0 Å². The summed E-state index contributed by atoms with van der Waals surface area (Å²) < 4.78 is 5.55. The number of benzene rings is 1. The van der Waals surface area contributed by atoms with Crippen LogP contribution >= 0.6 is 0 Å². The predicted molar refractivity (Wildman–Crippen MR) is 74.9 cm³/mol. The van der Waals surface area contributed by atoms with E-state index in [0.29, 0.717) is 5.56 Å². The molecular weight excluding hydrogens is 240 g/mol. The molecule has 1 fully saturated rings. The van der Waals surface area contributed by atoms with E-state index in [4.69, 9.17) is 10.5 Å². The molecule has 1 aromatic rings. The van der Waals surface area contributed by atoms with Crippen LogP contribution < -0.4 is 11.1 Å². The van der Waals surface area contributed by atoms with E-state index in [-0.39, 0.29) is 5.91 Å². The Bertz CT molecular complexity index is 442. The summed E-state index contributed by atoms with van der Waals surface area (Å²) in [7, 11) is 0. The molecule has 4 heteroatoms. The number of rotatable bonds is 8. The molecule has 0 aromatic heterocycles. The fourth-order valence-corrected chi connectivity index (χ4v) is 1.95. The monoisotopic (exact) mass is 262 g/mol. The van der Waals surface area contributed by atoms with Gasteiger partial charge < -0.3 is 15.8 Å². The van der Waals surface area contributed by atoms with Crippen LogP contribution in [0, 0.1) is 12.8 Å². The van der Waals surface area contributed by atoms with Crippen molar-refractivity contribution in [3.05, 3.63) is 34.9 Å². The number of hydrogen-bond donors (Lipinski definition) is 2. The van der Waals surface area contributed by atoms with Crippen molar-refractivity contribution in [2.75, 3.05) is 19.8 Å². The summed E-state index contributed by atoms with van der Waals surface area (Å²) in [5.74, 6) is 0.444. The third-order valence-corrected chi connectivity index (χ3v) is 3.42. The Hall–Kier alpha value is -1.39. The van der Waals surface area contributed by atoms with Gasteiger partial charge in [0.15, 0.2) is 0 Å². The Morgan fingerprint density at radius 1 is 1.47 bits per heavy atom. The van der Waals surface area contributed by atoms with Crippen molar-refractivity contribution in [1.29, 1.82) is 0 Å². The van der Waals surface area contributed by atoms with Crippen LogP contribution in [0.3, 0.4) is 0 Å². The Balaban J connectivity index is 1.68. The molecule has 0 heterocycles. The summed E-state index contributed by atoms with van der Waals surface area (Å²) in [5, 5.41) is 3.34. The molecule has 0 bridgehead atoms. The third kappa shape index (κ3) is 4.65. The highest BCUT2D eigenvalue weighted by molar-refractivity contribution is 5.93. The van der Waals surface area contributed by atoms with Gasteiger partial charge in [0, 0.05) is 25.3 Å². The Morgan fingerprint density at radius 3 is 2.89 bits per heavy atom. The minimum atomic E-state index is -0.379. The van der Waals surface area contributed by atoms with E-state index in [0.717, 1.165) is 37.8 Å². The van der Waals surface area contributed by atoms with Gasteiger partial charge in [-0.15, -0.1) is 0 Å². The van der Waals surface area contributed by atoms with Gasteiger partial charge in [-0.3, -0.25) is 4.79 Å². The van der Waals surface area contributed by atoms with Crippen molar-refractivity contribution in [1.82, 2.24) is 5.32 Å². The van der Waals surface area contributed by atoms with Crippen LogP contribution in [-0.2, 0) is 11.3 Å². The fourth-order valence-electron chi connectivity index (χ4n) is 1.95. The number of nitrogens with one attached hydrogen (secondary N) is 1. The van der Waals surface area contributed by atoms with E-state index in [2.05, 4.69) is 5.32 Å². The van der Waals surface area contributed by atoms with Crippen molar-refractivity contribution in [2.24, 2.45) is 11.7 Å². The molecule has 1 saturated carbocycles. The third-order valence-electron chi connectivity index (χ3n) is 3.42. The highest BCUT2D eigenvalue weighted by atomic mass is 16.5. The van der Waals surface area contributed by atoms with E-state index in [1.165, 1.54) is 18.4 Å². The number of nitrogens with two attached hydrogens (primary N) is 1. The second-order valence-electron chi connectivity index (χ2n) is 5.20. The van der Waals surface area contributed by atoms with Crippen LogP contribution in [0.2, 0.25) is 0 Å². The smallest absolute Gasteiger partial charge is 0.248 e. The van der Waals surface area contributed by atoms with Gasteiger partial charge in [0.25, 0.3) is 0 Å². The van der Waals surface area contributed by atoms with Crippen LogP contribution in [0.1, 0.15) is 34.3 Å². The van der Waals surface area contributed by atoms with Crippen LogP contribution in [0.15, 0.2) is 18.2 Å². The summed E-state index contributed by atoms with van der Waals surface area (Å²) in [4.78, 5) is 11.0. The number of amides is 1. The number of ether oxygens (including phenoxy) is 1. The number of hydrogen-bond acceptors (Lipinski definition) is 3.